The fraction of sp³-hybridized carbons (Fsp3) is 0.391. The van der Waals surface area contributed by atoms with Crippen LogP contribution in [0.1, 0.15) is 31.7 Å². The number of fused-ring (bicyclic) bond motifs is 1. The van der Waals surface area contributed by atoms with Crippen molar-refractivity contribution in [2.24, 2.45) is 5.92 Å². The van der Waals surface area contributed by atoms with Crippen LogP contribution in [-0.2, 0) is 19.6 Å². The predicted octanol–water partition coefficient (Wildman–Crippen LogP) is 3.80. The number of amides is 2. The van der Waals surface area contributed by atoms with Crippen molar-refractivity contribution in [3.63, 3.8) is 0 Å². The zero-order chi connectivity index (χ0) is 23.8. The molecule has 2 aromatic carbocycles. The van der Waals surface area contributed by atoms with Gasteiger partial charge < -0.3 is 15.4 Å². The maximum absolute atomic E-state index is 13.5. The van der Waals surface area contributed by atoms with E-state index in [2.05, 4.69) is 10.6 Å². The maximum atomic E-state index is 13.5. The van der Waals surface area contributed by atoms with Crippen molar-refractivity contribution in [1.29, 1.82) is 0 Å². The monoisotopic (exact) mass is 491 g/mol. The molecule has 2 amide bonds. The van der Waals surface area contributed by atoms with Gasteiger partial charge in [-0.2, -0.15) is 4.31 Å². The molecule has 2 aromatic rings. The molecule has 4 rings (SSSR count). The summed E-state index contributed by atoms with van der Waals surface area (Å²) in [6, 6.07) is 10.0. The average Bonchev–Trinajstić information content (AvgIpc) is 2.79. The Morgan fingerprint density at radius 1 is 1.30 bits per heavy atom. The zero-order valence-electron chi connectivity index (χ0n) is 18.4. The van der Waals surface area contributed by atoms with Gasteiger partial charge in [0.2, 0.25) is 15.9 Å². The molecule has 0 aromatic heterocycles. The smallest absolute Gasteiger partial charge is 0.265 e. The first-order chi connectivity index (χ1) is 15.7. The molecule has 2 heterocycles. The van der Waals surface area contributed by atoms with Gasteiger partial charge in [0.1, 0.15) is 5.75 Å². The van der Waals surface area contributed by atoms with Crippen LogP contribution in [0.15, 0.2) is 41.3 Å². The molecule has 1 saturated heterocycles. The maximum Gasteiger partial charge on any atom is 0.265 e. The Hall–Kier alpha value is -2.62. The van der Waals surface area contributed by atoms with Crippen molar-refractivity contribution in [3.05, 3.63) is 47.0 Å². The summed E-state index contributed by atoms with van der Waals surface area (Å²) in [4.78, 5) is 25.0. The van der Waals surface area contributed by atoms with Gasteiger partial charge in [-0.1, -0.05) is 30.7 Å². The summed E-state index contributed by atoms with van der Waals surface area (Å²) in [6.45, 7) is 3.90. The highest BCUT2D eigenvalue weighted by molar-refractivity contribution is 7.89. The van der Waals surface area contributed by atoms with Crippen molar-refractivity contribution in [2.45, 2.75) is 44.1 Å². The summed E-state index contributed by atoms with van der Waals surface area (Å²) in [7, 11) is -3.88. The summed E-state index contributed by atoms with van der Waals surface area (Å²) in [6.07, 6.45) is 0.950. The SMILES string of the molecule is CC[C@@H]1Oc2cc(S(=O)(=O)N3CCC[C@H](C(=O)Nc4ccccc4Cl)C3)c(C)cc2NC1=O. The Balaban J connectivity index is 1.55. The minimum Gasteiger partial charge on any atom is -0.478 e. The molecule has 2 atom stereocenters. The first kappa shape index (κ1) is 23.5. The lowest BCUT2D eigenvalue weighted by Crippen LogP contribution is -2.44. The van der Waals surface area contributed by atoms with Crippen molar-refractivity contribution in [1.82, 2.24) is 4.31 Å². The van der Waals surface area contributed by atoms with Crippen LogP contribution >= 0.6 is 11.6 Å². The van der Waals surface area contributed by atoms with Crippen LogP contribution in [0.4, 0.5) is 11.4 Å². The van der Waals surface area contributed by atoms with Gasteiger partial charge in [0.25, 0.3) is 5.91 Å². The number of ether oxygens (including phenoxy) is 1. The number of rotatable bonds is 5. The molecule has 10 heteroatoms. The second-order valence-corrected chi connectivity index (χ2v) is 10.6. The van der Waals surface area contributed by atoms with Crippen LogP contribution < -0.4 is 15.4 Å². The van der Waals surface area contributed by atoms with E-state index in [0.29, 0.717) is 53.5 Å². The van der Waals surface area contributed by atoms with Gasteiger partial charge >= 0.3 is 0 Å². The summed E-state index contributed by atoms with van der Waals surface area (Å²) in [5.74, 6) is -0.677. The molecule has 2 aliphatic rings. The van der Waals surface area contributed by atoms with Crippen LogP contribution in [-0.4, -0.2) is 43.7 Å². The van der Waals surface area contributed by atoms with E-state index in [1.807, 2.05) is 6.92 Å². The Morgan fingerprint density at radius 2 is 2.06 bits per heavy atom. The number of sulfonamides is 1. The van der Waals surface area contributed by atoms with E-state index < -0.39 is 22.0 Å². The third kappa shape index (κ3) is 4.71. The topological polar surface area (TPSA) is 105 Å². The Bertz CT molecular complexity index is 1200. The molecule has 0 aliphatic carbocycles. The Kier molecular flexibility index (Phi) is 6.65. The number of carbonyl (C=O) groups is 2. The van der Waals surface area contributed by atoms with Gasteiger partial charge in [-0.15, -0.1) is 0 Å². The highest BCUT2D eigenvalue weighted by Gasteiger charge is 2.36. The van der Waals surface area contributed by atoms with Gasteiger partial charge in [0.15, 0.2) is 6.10 Å². The normalized spacial score (nSPS) is 21.0. The van der Waals surface area contributed by atoms with Gasteiger partial charge in [-0.25, -0.2) is 8.42 Å². The molecule has 0 spiro atoms. The van der Waals surface area contributed by atoms with E-state index in [4.69, 9.17) is 16.3 Å². The van der Waals surface area contributed by atoms with Crippen LogP contribution in [0.5, 0.6) is 5.75 Å². The van der Waals surface area contributed by atoms with Gasteiger partial charge in [0.05, 0.1) is 27.2 Å². The zero-order valence-corrected chi connectivity index (χ0v) is 20.0. The summed E-state index contributed by atoms with van der Waals surface area (Å²) >= 11 is 6.13. The first-order valence-electron chi connectivity index (χ1n) is 10.9. The highest BCUT2D eigenvalue weighted by Crippen LogP contribution is 2.36. The van der Waals surface area contributed by atoms with Crippen molar-refractivity contribution in [3.8, 4) is 5.75 Å². The van der Waals surface area contributed by atoms with E-state index in [1.54, 1.807) is 37.3 Å². The molecule has 2 aliphatic heterocycles. The van der Waals surface area contributed by atoms with Gasteiger partial charge in [0, 0.05) is 19.2 Å². The summed E-state index contributed by atoms with van der Waals surface area (Å²) in [5.41, 5.74) is 1.45. The second kappa shape index (κ2) is 9.32. The summed E-state index contributed by atoms with van der Waals surface area (Å²) < 4.78 is 34.1. The second-order valence-electron chi connectivity index (χ2n) is 8.29. The van der Waals surface area contributed by atoms with Crippen molar-refractivity contribution >= 4 is 44.8 Å². The number of anilines is 2. The number of halogens is 1. The molecule has 2 N–H and O–H groups in total. The van der Waals surface area contributed by atoms with Crippen LogP contribution in [0, 0.1) is 12.8 Å². The summed E-state index contributed by atoms with van der Waals surface area (Å²) in [5, 5.41) is 6.00. The lowest BCUT2D eigenvalue weighted by molar-refractivity contribution is -0.123. The molecule has 176 valence electrons. The third-order valence-electron chi connectivity index (χ3n) is 5.97. The number of hydrogen-bond donors (Lipinski definition) is 2. The number of nitrogens with zero attached hydrogens (tertiary/aromatic N) is 1. The minimum absolute atomic E-state index is 0.0737. The van der Waals surface area contributed by atoms with E-state index in [-0.39, 0.29) is 23.3 Å². The first-order valence-corrected chi connectivity index (χ1v) is 12.7. The fourth-order valence-corrected chi connectivity index (χ4v) is 6.07. The molecule has 0 bridgehead atoms. The number of nitrogens with one attached hydrogen (secondary N) is 2. The standard InChI is InChI=1S/C23H26ClN3O5S/c1-3-19-23(29)26-18-11-14(2)21(12-20(18)32-19)33(30,31)27-10-6-7-15(13-27)22(28)25-17-9-5-4-8-16(17)24/h4-5,8-9,11-12,15,19H,3,6-7,10,13H2,1-2H3,(H,25,28)(H,26,29)/t15-,19-/m0/s1. The molecule has 0 radical (unpaired) electrons. The molecule has 0 saturated carbocycles. The Labute approximate surface area is 198 Å². The minimum atomic E-state index is -3.88. The largest absolute Gasteiger partial charge is 0.478 e. The number of carbonyl (C=O) groups excluding carboxylic acids is 2. The van der Waals surface area contributed by atoms with Gasteiger partial charge in [-0.05, 0) is 49.9 Å². The molecule has 0 unspecified atom stereocenters. The lowest BCUT2D eigenvalue weighted by Gasteiger charge is -2.32. The molecule has 1 fully saturated rings. The quantitative estimate of drug-likeness (QED) is 0.662. The van der Waals surface area contributed by atoms with E-state index in [1.165, 1.54) is 10.4 Å². The van der Waals surface area contributed by atoms with Crippen molar-refractivity contribution in [2.75, 3.05) is 23.7 Å². The predicted molar refractivity (Wildman–Crippen MR) is 126 cm³/mol. The third-order valence-corrected chi connectivity index (χ3v) is 8.31. The fourth-order valence-electron chi connectivity index (χ4n) is 4.14. The lowest BCUT2D eigenvalue weighted by atomic mass is 9.99. The van der Waals surface area contributed by atoms with E-state index in [9.17, 15) is 18.0 Å². The number of hydrogen-bond acceptors (Lipinski definition) is 5. The number of piperidine rings is 1. The number of aryl methyl sites for hydroxylation is 1. The molecular weight excluding hydrogens is 466 g/mol. The van der Waals surface area contributed by atoms with E-state index in [0.717, 1.165) is 0 Å². The van der Waals surface area contributed by atoms with Crippen LogP contribution in [0.2, 0.25) is 5.02 Å². The number of para-hydroxylation sites is 1. The number of benzene rings is 2. The van der Waals surface area contributed by atoms with Crippen LogP contribution in [0.3, 0.4) is 0 Å². The highest BCUT2D eigenvalue weighted by atomic mass is 35.5. The molecular formula is C23H26ClN3O5S. The van der Waals surface area contributed by atoms with Crippen LogP contribution in [0.25, 0.3) is 0 Å². The molecule has 8 nitrogen and oxygen atoms in total. The van der Waals surface area contributed by atoms with Gasteiger partial charge in [-0.3, -0.25) is 9.59 Å². The van der Waals surface area contributed by atoms with E-state index >= 15 is 0 Å². The Morgan fingerprint density at radius 3 is 2.79 bits per heavy atom. The van der Waals surface area contributed by atoms with Crippen molar-refractivity contribution < 1.29 is 22.7 Å². The average molecular weight is 492 g/mol. The molecule has 33 heavy (non-hydrogen) atoms.